The lowest BCUT2D eigenvalue weighted by molar-refractivity contribution is 0.107. The van der Waals surface area contributed by atoms with Crippen LogP contribution in [0.3, 0.4) is 0 Å². The molecule has 0 bridgehead atoms. The number of ether oxygens (including phenoxy) is 1. The summed E-state index contributed by atoms with van der Waals surface area (Å²) in [5.41, 5.74) is 0. The average Bonchev–Trinajstić information content (AvgIpc) is 2.34. The summed E-state index contributed by atoms with van der Waals surface area (Å²) < 4.78 is 5.20. The van der Waals surface area contributed by atoms with Gasteiger partial charge >= 0.3 is 0 Å². The minimum atomic E-state index is 0. The zero-order chi connectivity index (χ0) is 6.69. The largest absolute Gasteiger partial charge is 0.381 e. The number of nitrogens with one attached hydrogen (secondary N) is 1. The third-order valence-corrected chi connectivity index (χ3v) is 2.13. The number of halogens is 1. The quantitative estimate of drug-likeness (QED) is 0.664. The van der Waals surface area contributed by atoms with Crippen LogP contribution in [0.15, 0.2) is 0 Å². The third-order valence-electron chi connectivity index (χ3n) is 2.13. The summed E-state index contributed by atoms with van der Waals surface area (Å²) in [6.07, 6.45) is 4.20. The Bertz CT molecular complexity index is 79.7. The van der Waals surface area contributed by atoms with Gasteiger partial charge in [0.2, 0.25) is 0 Å². The molecule has 1 fully saturated rings. The van der Waals surface area contributed by atoms with Crippen molar-refractivity contribution in [2.75, 3.05) is 14.2 Å². The van der Waals surface area contributed by atoms with Gasteiger partial charge in [-0.1, -0.05) is 0 Å². The van der Waals surface area contributed by atoms with Crippen molar-refractivity contribution in [1.82, 2.24) is 5.32 Å². The molecular weight excluding hydrogens is 150 g/mol. The standard InChI is InChI=1S/C7H15NO.ClH/c1-8-6-3-4-7(5-6)9-2;/h6-8H,3-5H2,1-2H3;1H/t6-,7-;/m0./s1. The Kier molecular flexibility index (Phi) is 5.04. The van der Waals surface area contributed by atoms with Crippen LogP contribution >= 0.6 is 12.4 Å². The topological polar surface area (TPSA) is 21.3 Å². The zero-order valence-electron chi connectivity index (χ0n) is 6.59. The van der Waals surface area contributed by atoms with Gasteiger partial charge in [-0.2, -0.15) is 0 Å². The number of methoxy groups -OCH3 is 1. The van der Waals surface area contributed by atoms with E-state index in [1.54, 1.807) is 7.11 Å². The van der Waals surface area contributed by atoms with E-state index in [1.807, 2.05) is 7.05 Å². The SMILES string of the molecule is CN[C@H]1CC[C@H](OC)C1.Cl. The Morgan fingerprint density at radius 2 is 2.10 bits per heavy atom. The van der Waals surface area contributed by atoms with E-state index in [1.165, 1.54) is 19.3 Å². The van der Waals surface area contributed by atoms with Crippen LogP contribution in [0.25, 0.3) is 0 Å². The number of rotatable bonds is 2. The molecular formula is C7H16ClNO. The summed E-state index contributed by atoms with van der Waals surface area (Å²) in [7, 11) is 3.81. The predicted octanol–water partition coefficient (Wildman–Crippen LogP) is 1.20. The van der Waals surface area contributed by atoms with E-state index in [9.17, 15) is 0 Å². The van der Waals surface area contributed by atoms with E-state index in [-0.39, 0.29) is 12.4 Å². The number of hydrogen-bond acceptors (Lipinski definition) is 2. The summed E-state index contributed by atoms with van der Waals surface area (Å²) in [5, 5.41) is 3.25. The fourth-order valence-electron chi connectivity index (χ4n) is 1.42. The summed E-state index contributed by atoms with van der Waals surface area (Å²) in [6.45, 7) is 0. The first kappa shape index (κ1) is 10.2. The second-order valence-electron chi connectivity index (χ2n) is 2.66. The highest BCUT2D eigenvalue weighted by atomic mass is 35.5. The number of hydrogen-bond donors (Lipinski definition) is 1. The minimum absolute atomic E-state index is 0. The van der Waals surface area contributed by atoms with E-state index < -0.39 is 0 Å². The molecule has 0 amide bonds. The fourth-order valence-corrected chi connectivity index (χ4v) is 1.42. The molecule has 1 N–H and O–H groups in total. The Morgan fingerprint density at radius 1 is 1.40 bits per heavy atom. The molecule has 62 valence electrons. The molecule has 1 saturated carbocycles. The first-order valence-corrected chi connectivity index (χ1v) is 3.57. The maximum absolute atomic E-state index is 5.20. The van der Waals surface area contributed by atoms with Crippen LogP contribution in [-0.4, -0.2) is 26.3 Å². The highest BCUT2D eigenvalue weighted by Gasteiger charge is 2.22. The molecule has 0 aromatic heterocycles. The van der Waals surface area contributed by atoms with Gasteiger partial charge in [0.1, 0.15) is 0 Å². The maximum Gasteiger partial charge on any atom is 0.0586 e. The highest BCUT2D eigenvalue weighted by molar-refractivity contribution is 5.85. The molecule has 1 rings (SSSR count). The van der Waals surface area contributed by atoms with E-state index in [4.69, 9.17) is 4.74 Å². The van der Waals surface area contributed by atoms with Crippen LogP contribution in [-0.2, 0) is 4.74 Å². The molecule has 3 heteroatoms. The van der Waals surface area contributed by atoms with Crippen LogP contribution < -0.4 is 5.32 Å². The van der Waals surface area contributed by atoms with Crippen molar-refractivity contribution in [1.29, 1.82) is 0 Å². The summed E-state index contributed by atoms with van der Waals surface area (Å²) in [4.78, 5) is 0. The van der Waals surface area contributed by atoms with Crippen molar-refractivity contribution in [3.05, 3.63) is 0 Å². The minimum Gasteiger partial charge on any atom is -0.381 e. The fraction of sp³-hybridized carbons (Fsp3) is 1.00. The molecule has 0 spiro atoms. The Labute approximate surface area is 68.7 Å². The second-order valence-corrected chi connectivity index (χ2v) is 2.66. The van der Waals surface area contributed by atoms with E-state index in [0.717, 1.165) is 0 Å². The summed E-state index contributed by atoms with van der Waals surface area (Å²) in [6, 6.07) is 0.704. The van der Waals surface area contributed by atoms with Crippen molar-refractivity contribution in [2.45, 2.75) is 31.4 Å². The molecule has 0 aliphatic heterocycles. The van der Waals surface area contributed by atoms with Gasteiger partial charge in [-0.25, -0.2) is 0 Å². The third kappa shape index (κ3) is 2.45. The Hall–Kier alpha value is 0.210. The average molecular weight is 166 g/mol. The van der Waals surface area contributed by atoms with Crippen molar-refractivity contribution >= 4 is 12.4 Å². The van der Waals surface area contributed by atoms with Gasteiger partial charge in [0, 0.05) is 13.2 Å². The first-order chi connectivity index (χ1) is 4.36. The normalized spacial score (nSPS) is 31.8. The van der Waals surface area contributed by atoms with Crippen molar-refractivity contribution in [3.8, 4) is 0 Å². The van der Waals surface area contributed by atoms with Crippen LogP contribution in [0.5, 0.6) is 0 Å². The molecule has 0 saturated heterocycles. The van der Waals surface area contributed by atoms with Gasteiger partial charge in [-0.3, -0.25) is 0 Å². The van der Waals surface area contributed by atoms with Gasteiger partial charge < -0.3 is 10.1 Å². The summed E-state index contributed by atoms with van der Waals surface area (Å²) >= 11 is 0. The molecule has 2 atom stereocenters. The Balaban J connectivity index is 0.000000810. The molecule has 1 aliphatic rings. The van der Waals surface area contributed by atoms with Gasteiger partial charge in [0.05, 0.1) is 6.10 Å². The molecule has 2 nitrogen and oxygen atoms in total. The monoisotopic (exact) mass is 165 g/mol. The maximum atomic E-state index is 5.20. The molecule has 0 unspecified atom stereocenters. The predicted molar refractivity (Wildman–Crippen MR) is 44.7 cm³/mol. The van der Waals surface area contributed by atoms with Crippen LogP contribution in [0.2, 0.25) is 0 Å². The highest BCUT2D eigenvalue weighted by Crippen LogP contribution is 2.20. The van der Waals surface area contributed by atoms with Gasteiger partial charge in [0.15, 0.2) is 0 Å². The smallest absolute Gasteiger partial charge is 0.0586 e. The first-order valence-electron chi connectivity index (χ1n) is 3.57. The van der Waals surface area contributed by atoms with Crippen LogP contribution in [0.1, 0.15) is 19.3 Å². The second kappa shape index (κ2) is 4.94. The van der Waals surface area contributed by atoms with Crippen molar-refractivity contribution < 1.29 is 4.74 Å². The molecule has 0 aromatic carbocycles. The molecule has 0 heterocycles. The lowest BCUT2D eigenvalue weighted by Crippen LogP contribution is -2.22. The van der Waals surface area contributed by atoms with Crippen molar-refractivity contribution in [2.24, 2.45) is 0 Å². The molecule has 10 heavy (non-hydrogen) atoms. The van der Waals surface area contributed by atoms with Gasteiger partial charge in [-0.05, 0) is 26.3 Å². The summed E-state index contributed by atoms with van der Waals surface area (Å²) in [5.74, 6) is 0. The van der Waals surface area contributed by atoms with E-state index in [0.29, 0.717) is 12.1 Å². The molecule has 0 radical (unpaired) electrons. The molecule has 0 aromatic rings. The lowest BCUT2D eigenvalue weighted by Gasteiger charge is -2.07. The van der Waals surface area contributed by atoms with Crippen molar-refractivity contribution in [3.63, 3.8) is 0 Å². The molecule has 1 aliphatic carbocycles. The van der Waals surface area contributed by atoms with Crippen LogP contribution in [0.4, 0.5) is 0 Å². The Morgan fingerprint density at radius 3 is 2.40 bits per heavy atom. The van der Waals surface area contributed by atoms with Gasteiger partial charge in [0.25, 0.3) is 0 Å². The zero-order valence-corrected chi connectivity index (χ0v) is 7.41. The van der Waals surface area contributed by atoms with Gasteiger partial charge in [-0.15, -0.1) is 12.4 Å². The van der Waals surface area contributed by atoms with E-state index >= 15 is 0 Å². The van der Waals surface area contributed by atoms with E-state index in [2.05, 4.69) is 5.32 Å². The lowest BCUT2D eigenvalue weighted by atomic mass is 10.2. The van der Waals surface area contributed by atoms with Crippen LogP contribution in [0, 0.1) is 0 Å².